The highest BCUT2D eigenvalue weighted by Gasteiger charge is 2.20. The van der Waals surface area contributed by atoms with Gasteiger partial charge in [-0.05, 0) is 49.7 Å². The van der Waals surface area contributed by atoms with Gasteiger partial charge in [0.1, 0.15) is 0 Å². The molecule has 5 nitrogen and oxygen atoms in total. The molecule has 0 radical (unpaired) electrons. The van der Waals surface area contributed by atoms with Crippen LogP contribution in [0, 0.1) is 5.92 Å². The third kappa shape index (κ3) is 5.31. The Morgan fingerprint density at radius 3 is 2.36 bits per heavy atom. The third-order valence-corrected chi connectivity index (χ3v) is 4.09. The highest BCUT2D eigenvalue weighted by Crippen LogP contribution is 2.18. The monoisotopic (exact) mass is 359 g/mol. The van der Waals surface area contributed by atoms with Crippen LogP contribution in [0.15, 0.2) is 54.6 Å². The van der Waals surface area contributed by atoms with E-state index in [-0.39, 0.29) is 30.1 Å². The zero-order valence-electron chi connectivity index (χ0n) is 13.8. The van der Waals surface area contributed by atoms with Crippen LogP contribution in [-0.4, -0.2) is 24.9 Å². The number of carbonyl (C=O) groups excluding carboxylic acids is 2. The topological polar surface area (TPSA) is 70.2 Å². The quantitative estimate of drug-likeness (QED) is 0.784. The Morgan fingerprint density at radius 1 is 0.960 bits per heavy atom. The van der Waals surface area contributed by atoms with Gasteiger partial charge < -0.3 is 16.0 Å². The van der Waals surface area contributed by atoms with Gasteiger partial charge in [0.25, 0.3) is 5.91 Å². The molecule has 25 heavy (non-hydrogen) atoms. The fourth-order valence-electron chi connectivity index (χ4n) is 2.79. The maximum atomic E-state index is 12.3. The number of anilines is 2. The van der Waals surface area contributed by atoms with E-state index in [1.807, 2.05) is 30.3 Å². The molecule has 1 aliphatic heterocycles. The summed E-state index contributed by atoms with van der Waals surface area (Å²) in [6.45, 7) is 1.70. The summed E-state index contributed by atoms with van der Waals surface area (Å²) >= 11 is 0. The second-order valence-corrected chi connectivity index (χ2v) is 5.93. The van der Waals surface area contributed by atoms with Crippen LogP contribution in [0.2, 0.25) is 0 Å². The van der Waals surface area contributed by atoms with Gasteiger partial charge in [0.15, 0.2) is 0 Å². The first-order valence-corrected chi connectivity index (χ1v) is 8.20. The summed E-state index contributed by atoms with van der Waals surface area (Å²) in [6.07, 6.45) is 1.93. The molecule has 6 heteroatoms. The zero-order valence-corrected chi connectivity index (χ0v) is 14.6. The smallest absolute Gasteiger partial charge is 0.255 e. The number of rotatable bonds is 4. The van der Waals surface area contributed by atoms with Crippen LogP contribution in [0.4, 0.5) is 11.4 Å². The van der Waals surface area contributed by atoms with Crippen LogP contribution >= 0.6 is 12.4 Å². The van der Waals surface area contributed by atoms with Crippen LogP contribution < -0.4 is 16.0 Å². The summed E-state index contributed by atoms with van der Waals surface area (Å²) in [7, 11) is 0. The number of hydrogen-bond acceptors (Lipinski definition) is 3. The van der Waals surface area contributed by atoms with Crippen LogP contribution in [0.5, 0.6) is 0 Å². The van der Waals surface area contributed by atoms with Crippen LogP contribution in [-0.2, 0) is 4.79 Å². The van der Waals surface area contributed by atoms with Crippen molar-refractivity contribution in [1.29, 1.82) is 0 Å². The van der Waals surface area contributed by atoms with Gasteiger partial charge in [-0.15, -0.1) is 12.4 Å². The van der Waals surface area contributed by atoms with Crippen LogP contribution in [0.3, 0.4) is 0 Å². The first kappa shape index (κ1) is 19.0. The molecule has 0 spiro atoms. The van der Waals surface area contributed by atoms with Gasteiger partial charge in [-0.25, -0.2) is 0 Å². The first-order chi connectivity index (χ1) is 11.7. The van der Waals surface area contributed by atoms with E-state index in [0.717, 1.165) is 25.9 Å². The molecule has 2 aromatic carbocycles. The van der Waals surface area contributed by atoms with Crippen molar-refractivity contribution in [2.75, 3.05) is 23.7 Å². The van der Waals surface area contributed by atoms with Crippen molar-refractivity contribution in [1.82, 2.24) is 5.32 Å². The Morgan fingerprint density at radius 2 is 1.68 bits per heavy atom. The number of nitrogens with one attached hydrogen (secondary N) is 3. The second kappa shape index (κ2) is 9.20. The van der Waals surface area contributed by atoms with E-state index in [2.05, 4.69) is 16.0 Å². The van der Waals surface area contributed by atoms with E-state index in [1.165, 1.54) is 0 Å². The van der Waals surface area contributed by atoms with E-state index in [1.54, 1.807) is 24.3 Å². The minimum absolute atomic E-state index is 0. The first-order valence-electron chi connectivity index (χ1n) is 8.20. The van der Waals surface area contributed by atoms with Gasteiger partial charge in [-0.3, -0.25) is 9.59 Å². The van der Waals surface area contributed by atoms with Crippen molar-refractivity contribution in [2.45, 2.75) is 12.8 Å². The maximum Gasteiger partial charge on any atom is 0.255 e. The summed E-state index contributed by atoms with van der Waals surface area (Å²) in [5.74, 6) is -0.148. The molecule has 1 saturated heterocycles. The van der Waals surface area contributed by atoms with E-state index in [4.69, 9.17) is 0 Å². The molecule has 3 N–H and O–H groups in total. The van der Waals surface area contributed by atoms with Crippen LogP contribution in [0.25, 0.3) is 0 Å². The van der Waals surface area contributed by atoms with Crippen molar-refractivity contribution in [3.63, 3.8) is 0 Å². The highest BCUT2D eigenvalue weighted by atomic mass is 35.5. The average Bonchev–Trinajstić information content (AvgIpc) is 2.63. The largest absolute Gasteiger partial charge is 0.326 e. The SMILES string of the molecule is Cl.O=C(Nc1cccc(NC(=O)C2CCCNC2)c1)c1ccccc1. The fourth-order valence-corrected chi connectivity index (χ4v) is 2.79. The Kier molecular flexibility index (Phi) is 6.98. The molecule has 0 aromatic heterocycles. The highest BCUT2D eigenvalue weighted by molar-refractivity contribution is 6.04. The third-order valence-electron chi connectivity index (χ3n) is 4.09. The lowest BCUT2D eigenvalue weighted by atomic mass is 9.99. The van der Waals surface area contributed by atoms with Crippen molar-refractivity contribution in [3.05, 3.63) is 60.2 Å². The predicted molar refractivity (Wildman–Crippen MR) is 102 cm³/mol. The van der Waals surface area contributed by atoms with Gasteiger partial charge in [0.2, 0.25) is 5.91 Å². The lowest BCUT2D eigenvalue weighted by Gasteiger charge is -2.22. The number of halogens is 1. The maximum absolute atomic E-state index is 12.3. The molecule has 2 aromatic rings. The van der Waals surface area contributed by atoms with E-state index in [9.17, 15) is 9.59 Å². The molecule has 3 rings (SSSR count). The summed E-state index contributed by atoms with van der Waals surface area (Å²) in [6, 6.07) is 16.3. The minimum atomic E-state index is -0.171. The van der Waals surface area contributed by atoms with Crippen molar-refractivity contribution < 1.29 is 9.59 Å². The van der Waals surface area contributed by atoms with Gasteiger partial charge in [0, 0.05) is 23.5 Å². The molecule has 1 atom stereocenters. The number of piperidine rings is 1. The molecule has 1 aliphatic rings. The van der Waals surface area contributed by atoms with Crippen molar-refractivity contribution in [2.24, 2.45) is 5.92 Å². The number of benzene rings is 2. The molecule has 1 heterocycles. The van der Waals surface area contributed by atoms with Gasteiger partial charge in [-0.2, -0.15) is 0 Å². The molecular formula is C19H22ClN3O2. The standard InChI is InChI=1S/C19H21N3O2.ClH/c23-18(14-6-2-1-3-7-14)21-16-9-4-10-17(12-16)22-19(24)15-8-5-11-20-13-15;/h1-4,6-7,9-10,12,15,20H,5,8,11,13H2,(H,21,23)(H,22,24);1H. The minimum Gasteiger partial charge on any atom is -0.326 e. The van der Waals surface area contributed by atoms with E-state index >= 15 is 0 Å². The van der Waals surface area contributed by atoms with Crippen molar-refractivity contribution >= 4 is 35.6 Å². The number of hydrogen-bond donors (Lipinski definition) is 3. The summed E-state index contributed by atoms with van der Waals surface area (Å²) < 4.78 is 0. The molecule has 0 saturated carbocycles. The average molecular weight is 360 g/mol. The number of amides is 2. The van der Waals surface area contributed by atoms with Gasteiger partial charge >= 0.3 is 0 Å². The Hall–Kier alpha value is -2.37. The fraction of sp³-hybridized carbons (Fsp3) is 0.263. The normalized spacial score (nSPS) is 16.4. The molecule has 0 aliphatic carbocycles. The molecule has 132 valence electrons. The van der Waals surface area contributed by atoms with Gasteiger partial charge in [0.05, 0.1) is 5.92 Å². The summed E-state index contributed by atoms with van der Waals surface area (Å²) in [5.41, 5.74) is 1.94. The van der Waals surface area contributed by atoms with Gasteiger partial charge in [-0.1, -0.05) is 24.3 Å². The van der Waals surface area contributed by atoms with E-state index in [0.29, 0.717) is 16.9 Å². The lowest BCUT2D eigenvalue weighted by Crippen LogP contribution is -2.37. The Bertz CT molecular complexity index is 716. The Balaban J connectivity index is 0.00000225. The molecule has 0 bridgehead atoms. The Labute approximate surface area is 153 Å². The zero-order chi connectivity index (χ0) is 16.8. The number of carbonyl (C=O) groups is 2. The predicted octanol–water partition coefficient (Wildman–Crippen LogP) is 3.30. The summed E-state index contributed by atoms with van der Waals surface area (Å²) in [4.78, 5) is 24.5. The molecule has 2 amide bonds. The van der Waals surface area contributed by atoms with Crippen LogP contribution in [0.1, 0.15) is 23.2 Å². The lowest BCUT2D eigenvalue weighted by molar-refractivity contribution is -0.120. The second-order valence-electron chi connectivity index (χ2n) is 5.93. The molecule has 1 unspecified atom stereocenters. The summed E-state index contributed by atoms with van der Waals surface area (Å²) in [5, 5.41) is 9.02. The van der Waals surface area contributed by atoms with Crippen molar-refractivity contribution in [3.8, 4) is 0 Å². The molecule has 1 fully saturated rings. The molecular weight excluding hydrogens is 338 g/mol. The van der Waals surface area contributed by atoms with E-state index < -0.39 is 0 Å².